The molecule has 21 heavy (non-hydrogen) atoms. The molecule has 0 amide bonds. The van der Waals surface area contributed by atoms with Gasteiger partial charge in [-0.05, 0) is 57.0 Å². The SMILES string of the molecule is CNCC1(CN(C)C(C)c2cccc(Cl)c2)CCOCC1. The van der Waals surface area contributed by atoms with Gasteiger partial charge in [0.25, 0.3) is 0 Å². The molecule has 1 fully saturated rings. The van der Waals surface area contributed by atoms with Gasteiger partial charge >= 0.3 is 0 Å². The number of rotatable bonds is 6. The van der Waals surface area contributed by atoms with Gasteiger partial charge in [0.05, 0.1) is 0 Å². The lowest BCUT2D eigenvalue weighted by molar-refractivity contribution is -0.00492. The van der Waals surface area contributed by atoms with Crippen molar-refractivity contribution >= 4 is 11.6 Å². The summed E-state index contributed by atoms with van der Waals surface area (Å²) in [5, 5.41) is 4.18. The van der Waals surface area contributed by atoms with Crippen molar-refractivity contribution in [2.45, 2.75) is 25.8 Å². The zero-order chi connectivity index (χ0) is 15.3. The predicted octanol–water partition coefficient (Wildman–Crippen LogP) is 3.35. The van der Waals surface area contributed by atoms with Crippen LogP contribution in [0.2, 0.25) is 5.02 Å². The monoisotopic (exact) mass is 310 g/mol. The Morgan fingerprint density at radius 3 is 2.71 bits per heavy atom. The Balaban J connectivity index is 2.05. The molecule has 4 heteroatoms. The van der Waals surface area contributed by atoms with E-state index in [-0.39, 0.29) is 0 Å². The number of hydrogen-bond donors (Lipinski definition) is 1. The number of nitrogens with zero attached hydrogens (tertiary/aromatic N) is 1. The van der Waals surface area contributed by atoms with Gasteiger partial charge in [-0.25, -0.2) is 0 Å². The van der Waals surface area contributed by atoms with Crippen LogP contribution in [0.4, 0.5) is 0 Å². The van der Waals surface area contributed by atoms with Crippen LogP contribution >= 0.6 is 11.6 Å². The van der Waals surface area contributed by atoms with E-state index >= 15 is 0 Å². The second kappa shape index (κ2) is 7.59. The lowest BCUT2D eigenvalue weighted by Gasteiger charge is -2.41. The van der Waals surface area contributed by atoms with Crippen molar-refractivity contribution in [1.82, 2.24) is 10.2 Å². The minimum atomic E-state index is 0.314. The summed E-state index contributed by atoms with van der Waals surface area (Å²) in [6, 6.07) is 8.54. The third-order valence-corrected chi connectivity index (χ3v) is 4.92. The molecular formula is C17H27ClN2O. The molecule has 1 aromatic rings. The van der Waals surface area contributed by atoms with E-state index in [1.165, 1.54) is 5.56 Å². The minimum absolute atomic E-state index is 0.314. The lowest BCUT2D eigenvalue weighted by atomic mass is 9.79. The first-order valence-corrected chi connectivity index (χ1v) is 8.12. The molecule has 0 bridgehead atoms. The molecule has 1 atom stereocenters. The molecular weight excluding hydrogens is 284 g/mol. The Labute approximate surface area is 133 Å². The lowest BCUT2D eigenvalue weighted by Crippen LogP contribution is -2.46. The van der Waals surface area contributed by atoms with Crippen molar-refractivity contribution in [3.8, 4) is 0 Å². The first-order valence-electron chi connectivity index (χ1n) is 7.74. The molecule has 1 aromatic carbocycles. The van der Waals surface area contributed by atoms with Crippen LogP contribution in [0, 0.1) is 5.41 Å². The van der Waals surface area contributed by atoms with Gasteiger partial charge in [-0.1, -0.05) is 23.7 Å². The normalized spacial score (nSPS) is 19.7. The summed E-state index contributed by atoms with van der Waals surface area (Å²) in [7, 11) is 4.25. The van der Waals surface area contributed by atoms with Gasteiger partial charge in [-0.3, -0.25) is 4.90 Å². The molecule has 1 heterocycles. The van der Waals surface area contributed by atoms with Gasteiger partial charge < -0.3 is 10.1 Å². The van der Waals surface area contributed by atoms with Crippen LogP contribution in [0.15, 0.2) is 24.3 Å². The molecule has 1 aliphatic heterocycles. The highest BCUT2D eigenvalue weighted by atomic mass is 35.5. The molecule has 118 valence electrons. The smallest absolute Gasteiger partial charge is 0.0472 e. The van der Waals surface area contributed by atoms with E-state index in [0.29, 0.717) is 11.5 Å². The molecule has 0 saturated carbocycles. The summed E-state index contributed by atoms with van der Waals surface area (Å²) in [6.07, 6.45) is 2.25. The van der Waals surface area contributed by atoms with Gasteiger partial charge in [0.15, 0.2) is 0 Å². The standard InChI is InChI=1S/C17H27ClN2O/c1-14(15-5-4-6-16(18)11-15)20(3)13-17(12-19-2)7-9-21-10-8-17/h4-6,11,14,19H,7-10,12-13H2,1-3H3. The van der Waals surface area contributed by atoms with E-state index < -0.39 is 0 Å². The number of ether oxygens (including phenoxy) is 1. The highest BCUT2D eigenvalue weighted by Crippen LogP contribution is 2.33. The van der Waals surface area contributed by atoms with E-state index in [1.807, 2.05) is 19.2 Å². The maximum Gasteiger partial charge on any atom is 0.0472 e. The topological polar surface area (TPSA) is 24.5 Å². The van der Waals surface area contributed by atoms with E-state index in [2.05, 4.69) is 36.3 Å². The number of benzene rings is 1. The molecule has 3 nitrogen and oxygen atoms in total. The fourth-order valence-electron chi connectivity index (χ4n) is 3.26. The summed E-state index contributed by atoms with van der Waals surface area (Å²) >= 11 is 6.12. The van der Waals surface area contributed by atoms with Crippen LogP contribution in [0.3, 0.4) is 0 Å². The van der Waals surface area contributed by atoms with Crippen molar-refractivity contribution in [1.29, 1.82) is 0 Å². The van der Waals surface area contributed by atoms with Crippen molar-refractivity contribution < 1.29 is 4.74 Å². The van der Waals surface area contributed by atoms with Crippen molar-refractivity contribution in [2.75, 3.05) is 40.4 Å². The van der Waals surface area contributed by atoms with Crippen LogP contribution in [0.1, 0.15) is 31.4 Å². The molecule has 0 radical (unpaired) electrons. The molecule has 0 spiro atoms. The van der Waals surface area contributed by atoms with Crippen LogP contribution < -0.4 is 5.32 Å². The van der Waals surface area contributed by atoms with Gasteiger partial charge in [-0.15, -0.1) is 0 Å². The van der Waals surface area contributed by atoms with Crippen LogP contribution in [-0.4, -0.2) is 45.3 Å². The minimum Gasteiger partial charge on any atom is -0.381 e. The van der Waals surface area contributed by atoms with E-state index in [4.69, 9.17) is 16.3 Å². The quantitative estimate of drug-likeness (QED) is 0.872. The second-order valence-corrected chi connectivity index (χ2v) is 6.73. The Hall–Kier alpha value is -0.610. The van der Waals surface area contributed by atoms with Crippen LogP contribution in [0.25, 0.3) is 0 Å². The number of nitrogens with one attached hydrogen (secondary N) is 1. The summed E-state index contributed by atoms with van der Waals surface area (Å²) in [5.74, 6) is 0. The summed E-state index contributed by atoms with van der Waals surface area (Å²) in [6.45, 7) is 6.12. The average Bonchev–Trinajstić information content (AvgIpc) is 2.47. The Kier molecular flexibility index (Phi) is 6.06. The Morgan fingerprint density at radius 2 is 2.10 bits per heavy atom. The van der Waals surface area contributed by atoms with Crippen LogP contribution in [0.5, 0.6) is 0 Å². The summed E-state index contributed by atoms with van der Waals surface area (Å²) < 4.78 is 5.55. The molecule has 1 unspecified atom stereocenters. The Bertz CT molecular complexity index is 441. The molecule has 2 rings (SSSR count). The van der Waals surface area contributed by atoms with Crippen molar-refractivity contribution in [3.05, 3.63) is 34.9 Å². The maximum absolute atomic E-state index is 6.12. The largest absolute Gasteiger partial charge is 0.381 e. The number of hydrogen-bond acceptors (Lipinski definition) is 3. The maximum atomic E-state index is 6.12. The fraction of sp³-hybridized carbons (Fsp3) is 0.647. The highest BCUT2D eigenvalue weighted by Gasteiger charge is 2.34. The highest BCUT2D eigenvalue weighted by molar-refractivity contribution is 6.30. The zero-order valence-electron chi connectivity index (χ0n) is 13.4. The average molecular weight is 311 g/mol. The van der Waals surface area contributed by atoms with Gasteiger partial charge in [0.1, 0.15) is 0 Å². The summed E-state index contributed by atoms with van der Waals surface area (Å²) in [5.41, 5.74) is 1.59. The van der Waals surface area contributed by atoms with Gasteiger partial charge in [-0.2, -0.15) is 0 Å². The molecule has 1 aliphatic rings. The van der Waals surface area contributed by atoms with E-state index in [1.54, 1.807) is 0 Å². The fourth-order valence-corrected chi connectivity index (χ4v) is 3.46. The summed E-state index contributed by atoms with van der Waals surface area (Å²) in [4.78, 5) is 2.44. The second-order valence-electron chi connectivity index (χ2n) is 6.29. The predicted molar refractivity (Wildman–Crippen MR) is 88.9 cm³/mol. The van der Waals surface area contributed by atoms with Crippen LogP contribution in [-0.2, 0) is 4.74 Å². The third-order valence-electron chi connectivity index (χ3n) is 4.68. The van der Waals surface area contributed by atoms with E-state index in [0.717, 1.165) is 44.2 Å². The Morgan fingerprint density at radius 1 is 1.38 bits per heavy atom. The van der Waals surface area contributed by atoms with E-state index in [9.17, 15) is 0 Å². The molecule has 0 aromatic heterocycles. The molecule has 1 N–H and O–H groups in total. The zero-order valence-corrected chi connectivity index (χ0v) is 14.1. The molecule has 0 aliphatic carbocycles. The van der Waals surface area contributed by atoms with Gasteiger partial charge in [0, 0.05) is 37.4 Å². The first kappa shape index (κ1) is 16.8. The first-order chi connectivity index (χ1) is 10.1. The van der Waals surface area contributed by atoms with Gasteiger partial charge in [0.2, 0.25) is 0 Å². The van der Waals surface area contributed by atoms with Crippen molar-refractivity contribution in [3.63, 3.8) is 0 Å². The third kappa shape index (κ3) is 4.43. The number of halogens is 1. The van der Waals surface area contributed by atoms with Crippen molar-refractivity contribution in [2.24, 2.45) is 5.41 Å². The molecule has 1 saturated heterocycles.